The molecule has 1 saturated heterocycles. The third kappa shape index (κ3) is 15.7. The average molecular weight is 823 g/mol. The lowest BCUT2D eigenvalue weighted by Crippen LogP contribution is -2.36. The molecule has 5 N–H and O–H groups in total. The van der Waals surface area contributed by atoms with Crippen LogP contribution in [0.25, 0.3) is 0 Å². The second-order valence-electron chi connectivity index (χ2n) is 11.7. The van der Waals surface area contributed by atoms with Crippen LogP contribution >= 0.6 is 11.6 Å². The number of nitrogens with one attached hydrogen (secondary N) is 2. The van der Waals surface area contributed by atoms with Crippen molar-refractivity contribution < 1.29 is 68.5 Å². The van der Waals surface area contributed by atoms with Crippen molar-refractivity contribution in [1.82, 2.24) is 25.3 Å². The standard InChI is InChI=1S/C27H31ClN8O8.C6H8O7/c1-41-22-6-5-18(12-21(22)28)13-31-25-20(26(38)32-15-23-29-7-3-8-30-23)14-33-27(34-25)35-9-2-4-19(35)16-43-24(37)17-42-10-11-44-36(39)40;7-4(8)1-3(2-5(9)10)6(11)13-12/h3,5-8,12,14,19H,2,4,9-11,13,15-17H2,1H3,(H,32,38)(H,31,33,34);3,12H,1-2H2,(H,7,8)(H,9,10). The van der Waals surface area contributed by atoms with Crippen LogP contribution in [-0.4, -0.2) is 116 Å². The average Bonchev–Trinajstić information content (AvgIpc) is 3.66. The van der Waals surface area contributed by atoms with Gasteiger partial charge in [-0.15, -0.1) is 10.1 Å². The van der Waals surface area contributed by atoms with Gasteiger partial charge in [0.25, 0.3) is 11.0 Å². The van der Waals surface area contributed by atoms with Crippen LogP contribution in [0.15, 0.2) is 42.9 Å². The Hall–Kier alpha value is -6.46. The minimum Gasteiger partial charge on any atom is -0.495 e. The number of aliphatic carboxylic acids is 2. The molecule has 3 heterocycles. The number of methoxy groups -OCH3 is 1. The smallest absolute Gasteiger partial charge is 0.346 e. The summed E-state index contributed by atoms with van der Waals surface area (Å²) in [6.07, 6.45) is 4.77. The first-order valence-electron chi connectivity index (χ1n) is 16.8. The molecule has 1 aliphatic rings. The Morgan fingerprint density at radius 3 is 2.42 bits per heavy atom. The Balaban J connectivity index is 0.000000573. The van der Waals surface area contributed by atoms with Crippen molar-refractivity contribution in [1.29, 1.82) is 0 Å². The van der Waals surface area contributed by atoms with E-state index in [1.165, 1.54) is 13.3 Å². The van der Waals surface area contributed by atoms with Gasteiger partial charge < -0.3 is 49.7 Å². The van der Waals surface area contributed by atoms with Gasteiger partial charge in [-0.25, -0.2) is 24.5 Å². The number of rotatable bonds is 21. The number of benzene rings is 1. The molecule has 4 rings (SSSR count). The van der Waals surface area contributed by atoms with E-state index in [1.807, 2.05) is 11.0 Å². The fourth-order valence-electron chi connectivity index (χ4n) is 5.06. The van der Waals surface area contributed by atoms with Gasteiger partial charge in [0.05, 0.1) is 50.1 Å². The lowest BCUT2D eigenvalue weighted by atomic mass is 10.0. The first-order chi connectivity index (χ1) is 27.3. The zero-order chi connectivity index (χ0) is 41.7. The van der Waals surface area contributed by atoms with E-state index in [1.54, 1.807) is 30.6 Å². The maximum Gasteiger partial charge on any atom is 0.346 e. The number of nitrogens with zero attached hydrogens (tertiary/aromatic N) is 6. The van der Waals surface area contributed by atoms with Crippen molar-refractivity contribution in [3.8, 4) is 5.75 Å². The predicted molar refractivity (Wildman–Crippen MR) is 192 cm³/mol. The van der Waals surface area contributed by atoms with E-state index in [-0.39, 0.29) is 44.6 Å². The molecule has 0 saturated carbocycles. The number of carbonyl (C=O) groups is 5. The number of anilines is 2. The van der Waals surface area contributed by atoms with Crippen LogP contribution in [0.5, 0.6) is 5.75 Å². The minimum absolute atomic E-state index is 0.0589. The van der Waals surface area contributed by atoms with Crippen LogP contribution in [0.3, 0.4) is 0 Å². The minimum atomic E-state index is -1.36. The molecule has 3 aromatic rings. The summed E-state index contributed by atoms with van der Waals surface area (Å²) in [4.78, 5) is 93.0. The first-order valence-corrected chi connectivity index (χ1v) is 17.2. The monoisotopic (exact) mass is 822 g/mol. The Labute approximate surface area is 328 Å². The molecule has 57 heavy (non-hydrogen) atoms. The molecular formula is C33H39ClN8O15. The summed E-state index contributed by atoms with van der Waals surface area (Å²) in [6.45, 7) is 0.299. The Bertz CT molecular complexity index is 1830. The van der Waals surface area contributed by atoms with E-state index in [9.17, 15) is 34.1 Å². The second-order valence-corrected chi connectivity index (χ2v) is 12.1. The Morgan fingerprint density at radius 2 is 1.79 bits per heavy atom. The maximum atomic E-state index is 13.2. The zero-order valence-electron chi connectivity index (χ0n) is 30.3. The number of amides is 1. The number of ether oxygens (including phenoxy) is 3. The van der Waals surface area contributed by atoms with E-state index < -0.39 is 53.6 Å². The van der Waals surface area contributed by atoms with Crippen molar-refractivity contribution in [3.63, 3.8) is 0 Å². The van der Waals surface area contributed by atoms with E-state index in [2.05, 4.69) is 40.3 Å². The maximum absolute atomic E-state index is 13.2. The predicted octanol–water partition coefficient (Wildman–Crippen LogP) is 1.78. The van der Waals surface area contributed by atoms with Gasteiger partial charge in [-0.05, 0) is 36.6 Å². The van der Waals surface area contributed by atoms with E-state index in [4.69, 9.17) is 41.3 Å². The summed E-state index contributed by atoms with van der Waals surface area (Å²) in [5, 5.41) is 40.1. The number of carboxylic acid groups (broad SMARTS) is 2. The Kier molecular flexibility index (Phi) is 18.5. The summed E-state index contributed by atoms with van der Waals surface area (Å²) < 4.78 is 15.6. The molecule has 24 heteroatoms. The highest BCUT2D eigenvalue weighted by Crippen LogP contribution is 2.27. The number of carboxylic acids is 2. The van der Waals surface area contributed by atoms with Gasteiger partial charge in [0, 0.05) is 31.7 Å². The van der Waals surface area contributed by atoms with Crippen LogP contribution in [0, 0.1) is 16.0 Å². The molecule has 0 aliphatic carbocycles. The van der Waals surface area contributed by atoms with E-state index >= 15 is 0 Å². The zero-order valence-corrected chi connectivity index (χ0v) is 31.0. The molecule has 1 amide bonds. The third-order valence-corrected chi connectivity index (χ3v) is 8.00. The van der Waals surface area contributed by atoms with Gasteiger partial charge in [-0.3, -0.25) is 14.4 Å². The highest BCUT2D eigenvalue weighted by atomic mass is 35.5. The van der Waals surface area contributed by atoms with Crippen molar-refractivity contribution in [2.45, 2.75) is 44.8 Å². The highest BCUT2D eigenvalue weighted by Gasteiger charge is 2.29. The lowest BCUT2D eigenvalue weighted by Gasteiger charge is -2.25. The highest BCUT2D eigenvalue weighted by molar-refractivity contribution is 6.32. The molecule has 0 radical (unpaired) electrons. The van der Waals surface area contributed by atoms with Gasteiger partial charge >= 0.3 is 23.9 Å². The summed E-state index contributed by atoms with van der Waals surface area (Å²) >= 11 is 6.29. The molecular weight excluding hydrogens is 784 g/mol. The summed E-state index contributed by atoms with van der Waals surface area (Å²) in [5.74, 6) is -4.69. The van der Waals surface area contributed by atoms with Gasteiger partial charge in [0.1, 0.15) is 42.8 Å². The van der Waals surface area contributed by atoms with Crippen LogP contribution < -0.4 is 20.3 Å². The number of hydrogen-bond donors (Lipinski definition) is 5. The second kappa shape index (κ2) is 23.5. The molecule has 23 nitrogen and oxygen atoms in total. The first kappa shape index (κ1) is 44.9. The fourth-order valence-corrected chi connectivity index (χ4v) is 5.34. The number of hydrogen-bond acceptors (Lipinski definition) is 19. The summed E-state index contributed by atoms with van der Waals surface area (Å²) in [6, 6.07) is 6.82. The number of carbonyl (C=O) groups excluding carboxylic acids is 3. The fraction of sp³-hybridized carbons (Fsp3) is 0.424. The van der Waals surface area contributed by atoms with Crippen molar-refractivity contribution >= 4 is 53.2 Å². The SMILES string of the molecule is COc1ccc(CNc2nc(N3CCCC3COC(=O)COCCO[N+](=O)[O-])ncc2C(=O)NCc2ncccn2)cc1Cl.O=C(O)CC(CC(=O)O)C(=O)OO. The molecule has 1 aromatic carbocycles. The molecule has 1 unspecified atom stereocenters. The van der Waals surface area contributed by atoms with Crippen molar-refractivity contribution in [2.75, 3.05) is 50.3 Å². The number of aromatic nitrogens is 4. The van der Waals surface area contributed by atoms with Gasteiger partial charge in [0.2, 0.25) is 5.95 Å². The topological polar surface area (TPSA) is 314 Å². The van der Waals surface area contributed by atoms with Crippen molar-refractivity contribution in [3.05, 3.63) is 74.9 Å². The van der Waals surface area contributed by atoms with Crippen LogP contribution in [0.4, 0.5) is 11.8 Å². The van der Waals surface area contributed by atoms with Crippen LogP contribution in [-0.2, 0) is 51.5 Å². The number of esters is 1. The lowest BCUT2D eigenvalue weighted by molar-refractivity contribution is -0.758. The largest absolute Gasteiger partial charge is 0.495 e. The number of halogens is 1. The van der Waals surface area contributed by atoms with Crippen LogP contribution in [0.2, 0.25) is 5.02 Å². The van der Waals surface area contributed by atoms with Gasteiger partial charge in [-0.2, -0.15) is 10.2 Å². The molecule has 308 valence electrons. The molecule has 0 spiro atoms. The molecule has 1 fully saturated rings. The van der Waals surface area contributed by atoms with E-state index in [0.717, 1.165) is 18.4 Å². The molecule has 0 bridgehead atoms. The summed E-state index contributed by atoms with van der Waals surface area (Å²) in [7, 11) is 1.53. The van der Waals surface area contributed by atoms with Gasteiger partial charge in [-0.1, -0.05) is 17.7 Å². The van der Waals surface area contributed by atoms with Crippen molar-refractivity contribution in [2.24, 2.45) is 5.92 Å². The molecule has 1 atom stereocenters. The van der Waals surface area contributed by atoms with E-state index in [0.29, 0.717) is 41.5 Å². The molecule has 2 aromatic heterocycles. The Morgan fingerprint density at radius 1 is 1.07 bits per heavy atom. The normalized spacial score (nSPS) is 13.1. The van der Waals surface area contributed by atoms with Crippen LogP contribution in [0.1, 0.15) is 47.4 Å². The quantitative estimate of drug-likeness (QED) is 0.0336. The summed E-state index contributed by atoms with van der Waals surface area (Å²) in [5.41, 5.74) is 1.04. The van der Waals surface area contributed by atoms with Gasteiger partial charge in [0.15, 0.2) is 0 Å². The third-order valence-electron chi connectivity index (χ3n) is 7.70. The molecule has 1 aliphatic heterocycles.